The molecule has 0 aliphatic heterocycles. The number of hydrogen-bond donors (Lipinski definition) is 3. The van der Waals surface area contributed by atoms with Crippen LogP contribution in [-0.2, 0) is 4.79 Å². The Bertz CT molecular complexity index is 261. The van der Waals surface area contributed by atoms with Crippen molar-refractivity contribution in [2.75, 3.05) is 19.7 Å². The fourth-order valence-electron chi connectivity index (χ4n) is 2.63. The van der Waals surface area contributed by atoms with E-state index in [0.717, 1.165) is 13.0 Å². The van der Waals surface area contributed by atoms with Crippen LogP contribution in [0.25, 0.3) is 0 Å². The highest BCUT2D eigenvalue weighted by atomic mass is 16.3. The molecule has 3 N–H and O–H groups in total. The van der Waals surface area contributed by atoms with Gasteiger partial charge in [-0.05, 0) is 52.0 Å². The first-order chi connectivity index (χ1) is 8.42. The van der Waals surface area contributed by atoms with E-state index < -0.39 is 0 Å². The summed E-state index contributed by atoms with van der Waals surface area (Å²) in [6, 6.07) is 0. The lowest BCUT2D eigenvalue weighted by Gasteiger charge is -2.30. The molecule has 0 saturated heterocycles. The highest BCUT2D eigenvalue weighted by Crippen LogP contribution is 2.28. The molecule has 1 fully saturated rings. The normalized spacial score (nSPS) is 24.9. The average Bonchev–Trinajstić information content (AvgIpc) is 2.27. The van der Waals surface area contributed by atoms with Gasteiger partial charge in [0.1, 0.15) is 0 Å². The summed E-state index contributed by atoms with van der Waals surface area (Å²) in [4.78, 5) is 11.6. The SMILES string of the molecule is CC(C)(C)NC(=O)CNCC1CCCCC1CO. The number of hydrogen-bond acceptors (Lipinski definition) is 3. The number of aliphatic hydroxyl groups excluding tert-OH is 1. The van der Waals surface area contributed by atoms with Crippen molar-refractivity contribution in [1.82, 2.24) is 10.6 Å². The van der Waals surface area contributed by atoms with E-state index in [2.05, 4.69) is 10.6 Å². The Morgan fingerprint density at radius 3 is 2.39 bits per heavy atom. The third kappa shape index (κ3) is 5.83. The zero-order valence-electron chi connectivity index (χ0n) is 12.0. The Morgan fingerprint density at radius 2 is 1.83 bits per heavy atom. The molecule has 0 spiro atoms. The fourth-order valence-corrected chi connectivity index (χ4v) is 2.63. The zero-order chi connectivity index (χ0) is 13.6. The maximum Gasteiger partial charge on any atom is 0.234 e. The van der Waals surface area contributed by atoms with Gasteiger partial charge in [-0.1, -0.05) is 12.8 Å². The van der Waals surface area contributed by atoms with Crippen LogP contribution < -0.4 is 10.6 Å². The number of rotatable bonds is 5. The Kier molecular flexibility index (Phi) is 6.09. The second-order valence-electron chi connectivity index (χ2n) is 6.42. The number of aliphatic hydroxyl groups is 1. The van der Waals surface area contributed by atoms with Gasteiger partial charge in [0.2, 0.25) is 5.91 Å². The first-order valence-electron chi connectivity index (χ1n) is 7.05. The molecule has 4 nitrogen and oxygen atoms in total. The molecular formula is C14H28N2O2. The van der Waals surface area contributed by atoms with Crippen LogP contribution in [-0.4, -0.2) is 36.2 Å². The number of nitrogens with one attached hydrogen (secondary N) is 2. The van der Waals surface area contributed by atoms with Crippen LogP contribution >= 0.6 is 0 Å². The molecule has 0 aromatic heterocycles. The molecule has 18 heavy (non-hydrogen) atoms. The molecule has 1 rings (SSSR count). The lowest BCUT2D eigenvalue weighted by Crippen LogP contribution is -2.46. The van der Waals surface area contributed by atoms with E-state index in [1.54, 1.807) is 0 Å². The van der Waals surface area contributed by atoms with E-state index in [1.807, 2.05) is 20.8 Å². The van der Waals surface area contributed by atoms with Gasteiger partial charge >= 0.3 is 0 Å². The minimum atomic E-state index is -0.169. The Morgan fingerprint density at radius 1 is 1.22 bits per heavy atom. The van der Waals surface area contributed by atoms with E-state index in [1.165, 1.54) is 19.3 Å². The van der Waals surface area contributed by atoms with Crippen molar-refractivity contribution in [3.8, 4) is 0 Å². The molecule has 0 bridgehead atoms. The molecule has 0 aromatic carbocycles. The Hall–Kier alpha value is -0.610. The van der Waals surface area contributed by atoms with Gasteiger partial charge < -0.3 is 15.7 Å². The van der Waals surface area contributed by atoms with Crippen LogP contribution in [0.1, 0.15) is 46.5 Å². The standard InChI is InChI=1S/C14H28N2O2/c1-14(2,3)16-13(18)9-15-8-11-6-4-5-7-12(11)10-17/h11-12,15,17H,4-10H2,1-3H3,(H,16,18). The molecule has 1 saturated carbocycles. The summed E-state index contributed by atoms with van der Waals surface area (Å²) in [7, 11) is 0. The fraction of sp³-hybridized carbons (Fsp3) is 0.929. The van der Waals surface area contributed by atoms with Gasteiger partial charge in [-0.3, -0.25) is 4.79 Å². The van der Waals surface area contributed by atoms with Crippen LogP contribution in [0.3, 0.4) is 0 Å². The highest BCUT2D eigenvalue weighted by Gasteiger charge is 2.24. The van der Waals surface area contributed by atoms with Gasteiger partial charge in [0.05, 0.1) is 6.54 Å². The molecule has 4 heteroatoms. The van der Waals surface area contributed by atoms with Gasteiger partial charge in [-0.15, -0.1) is 0 Å². The molecule has 0 heterocycles. The Balaban J connectivity index is 2.22. The van der Waals surface area contributed by atoms with Crippen molar-refractivity contribution in [3.05, 3.63) is 0 Å². The summed E-state index contributed by atoms with van der Waals surface area (Å²) in [5, 5.41) is 15.5. The van der Waals surface area contributed by atoms with E-state index in [9.17, 15) is 9.90 Å². The summed E-state index contributed by atoms with van der Waals surface area (Å²) in [5.74, 6) is 0.974. The minimum absolute atomic E-state index is 0.0406. The molecule has 0 radical (unpaired) electrons. The lowest BCUT2D eigenvalue weighted by molar-refractivity contribution is -0.121. The third-order valence-corrected chi connectivity index (χ3v) is 3.51. The summed E-state index contributed by atoms with van der Waals surface area (Å²) in [5.41, 5.74) is -0.169. The lowest BCUT2D eigenvalue weighted by atomic mass is 9.79. The molecule has 1 aliphatic rings. The molecule has 1 aliphatic carbocycles. The maximum absolute atomic E-state index is 11.6. The monoisotopic (exact) mass is 256 g/mol. The molecule has 1 amide bonds. The van der Waals surface area contributed by atoms with Crippen molar-refractivity contribution in [3.63, 3.8) is 0 Å². The van der Waals surface area contributed by atoms with Gasteiger partial charge in [0.25, 0.3) is 0 Å². The van der Waals surface area contributed by atoms with Gasteiger partial charge in [0, 0.05) is 12.1 Å². The maximum atomic E-state index is 11.6. The first-order valence-corrected chi connectivity index (χ1v) is 7.05. The van der Waals surface area contributed by atoms with Gasteiger partial charge in [0.15, 0.2) is 0 Å². The van der Waals surface area contributed by atoms with Crippen LogP contribution in [0.15, 0.2) is 0 Å². The van der Waals surface area contributed by atoms with Gasteiger partial charge in [-0.25, -0.2) is 0 Å². The average molecular weight is 256 g/mol. The molecule has 0 aromatic rings. The summed E-state index contributed by atoms with van der Waals surface area (Å²) in [6.45, 7) is 7.42. The van der Waals surface area contributed by atoms with Crippen LogP contribution in [0.2, 0.25) is 0 Å². The van der Waals surface area contributed by atoms with Crippen molar-refractivity contribution >= 4 is 5.91 Å². The summed E-state index contributed by atoms with van der Waals surface area (Å²) in [6.07, 6.45) is 4.76. The topological polar surface area (TPSA) is 61.4 Å². The van der Waals surface area contributed by atoms with E-state index in [4.69, 9.17) is 0 Å². The molecule has 2 unspecified atom stereocenters. The second kappa shape index (κ2) is 7.10. The van der Waals surface area contributed by atoms with Crippen molar-refractivity contribution in [2.45, 2.75) is 52.0 Å². The van der Waals surface area contributed by atoms with Crippen LogP contribution in [0, 0.1) is 11.8 Å². The molecular weight excluding hydrogens is 228 g/mol. The quantitative estimate of drug-likeness (QED) is 0.694. The first kappa shape index (κ1) is 15.4. The smallest absolute Gasteiger partial charge is 0.234 e. The predicted octanol–water partition coefficient (Wildman–Crippen LogP) is 1.29. The Labute approximate surface area is 111 Å². The van der Waals surface area contributed by atoms with Crippen molar-refractivity contribution in [1.29, 1.82) is 0 Å². The molecule has 106 valence electrons. The van der Waals surface area contributed by atoms with Crippen molar-refractivity contribution in [2.24, 2.45) is 11.8 Å². The van der Waals surface area contributed by atoms with Crippen LogP contribution in [0.5, 0.6) is 0 Å². The van der Waals surface area contributed by atoms with E-state index in [-0.39, 0.29) is 18.1 Å². The third-order valence-electron chi connectivity index (χ3n) is 3.51. The van der Waals surface area contributed by atoms with E-state index >= 15 is 0 Å². The number of carbonyl (C=O) groups excluding carboxylic acids is 1. The van der Waals surface area contributed by atoms with Crippen LogP contribution in [0.4, 0.5) is 0 Å². The molecule has 2 atom stereocenters. The predicted molar refractivity (Wildman–Crippen MR) is 73.3 cm³/mol. The highest BCUT2D eigenvalue weighted by molar-refractivity contribution is 5.78. The minimum Gasteiger partial charge on any atom is -0.396 e. The largest absolute Gasteiger partial charge is 0.396 e. The zero-order valence-corrected chi connectivity index (χ0v) is 12.0. The van der Waals surface area contributed by atoms with E-state index in [0.29, 0.717) is 18.4 Å². The second-order valence-corrected chi connectivity index (χ2v) is 6.42. The number of amides is 1. The number of carbonyl (C=O) groups is 1. The summed E-state index contributed by atoms with van der Waals surface area (Å²) < 4.78 is 0. The van der Waals surface area contributed by atoms with Crippen molar-refractivity contribution < 1.29 is 9.90 Å². The summed E-state index contributed by atoms with van der Waals surface area (Å²) >= 11 is 0. The van der Waals surface area contributed by atoms with Gasteiger partial charge in [-0.2, -0.15) is 0 Å².